The van der Waals surface area contributed by atoms with Crippen LogP contribution in [0.4, 0.5) is 0 Å². The van der Waals surface area contributed by atoms with E-state index in [0.717, 1.165) is 21.3 Å². The number of aromatic nitrogens is 1. The van der Waals surface area contributed by atoms with Gasteiger partial charge in [0.15, 0.2) is 16.3 Å². The Hall–Kier alpha value is -3.13. The van der Waals surface area contributed by atoms with Crippen molar-refractivity contribution in [1.82, 2.24) is 4.57 Å². The number of hydrogen-bond acceptors (Lipinski definition) is 6. The van der Waals surface area contributed by atoms with Gasteiger partial charge in [-0.3, -0.25) is 9.59 Å². The molecule has 0 spiro atoms. The van der Waals surface area contributed by atoms with Gasteiger partial charge in [0.05, 0.1) is 23.7 Å². The van der Waals surface area contributed by atoms with E-state index in [0.29, 0.717) is 41.6 Å². The van der Waals surface area contributed by atoms with E-state index < -0.39 is 0 Å². The first-order chi connectivity index (χ1) is 14.5. The predicted molar refractivity (Wildman–Crippen MR) is 113 cm³/mol. The summed E-state index contributed by atoms with van der Waals surface area (Å²) in [6, 6.07) is 9.49. The number of carbonyl (C=O) groups is 2. The molecule has 0 N–H and O–H groups in total. The Morgan fingerprint density at radius 1 is 1.13 bits per heavy atom. The number of aryl methyl sites for hydroxylation is 3. The summed E-state index contributed by atoms with van der Waals surface area (Å²) in [6.07, 6.45) is 0.168. The Kier molecular flexibility index (Phi) is 5.59. The molecule has 156 valence electrons. The second-order valence-corrected chi connectivity index (χ2v) is 8.07. The minimum absolute atomic E-state index is 0.168. The standard InChI is InChI=1S/C22H22N2O5S/c1-13-4-5-14(2)15(10-13)21(26)23-22-24(7-6-20(25)27-3)16-11-17-18(12-19(16)30-22)29-9-8-28-17/h4-5,10-12H,6-9H2,1-3H3. The highest BCUT2D eigenvalue weighted by atomic mass is 32.1. The third-order valence-electron chi connectivity index (χ3n) is 4.93. The molecule has 0 saturated carbocycles. The fraction of sp³-hybridized carbons (Fsp3) is 0.318. The lowest BCUT2D eigenvalue weighted by Crippen LogP contribution is -2.20. The van der Waals surface area contributed by atoms with Crippen LogP contribution in [-0.4, -0.2) is 36.8 Å². The van der Waals surface area contributed by atoms with Crippen molar-refractivity contribution in [2.24, 2.45) is 4.99 Å². The predicted octanol–water partition coefficient (Wildman–Crippen LogP) is 3.40. The quantitative estimate of drug-likeness (QED) is 0.598. The van der Waals surface area contributed by atoms with Gasteiger partial charge in [0, 0.05) is 24.2 Å². The number of methoxy groups -OCH3 is 1. The van der Waals surface area contributed by atoms with Gasteiger partial charge in [0.2, 0.25) is 0 Å². The van der Waals surface area contributed by atoms with E-state index in [2.05, 4.69) is 4.99 Å². The van der Waals surface area contributed by atoms with Gasteiger partial charge in [-0.05, 0) is 25.5 Å². The molecule has 0 aliphatic carbocycles. The largest absolute Gasteiger partial charge is 0.486 e. The highest BCUT2D eigenvalue weighted by molar-refractivity contribution is 7.16. The number of nitrogens with zero attached hydrogens (tertiary/aromatic N) is 2. The molecule has 1 aliphatic rings. The number of ether oxygens (including phenoxy) is 3. The Morgan fingerprint density at radius 2 is 1.87 bits per heavy atom. The van der Waals surface area contributed by atoms with Crippen LogP contribution in [0.2, 0.25) is 0 Å². The molecule has 0 fully saturated rings. The van der Waals surface area contributed by atoms with Crippen molar-refractivity contribution in [3.63, 3.8) is 0 Å². The molecule has 1 aliphatic heterocycles. The molecule has 0 saturated heterocycles. The first-order valence-corrected chi connectivity index (χ1v) is 10.4. The summed E-state index contributed by atoms with van der Waals surface area (Å²) in [5.41, 5.74) is 3.27. The summed E-state index contributed by atoms with van der Waals surface area (Å²) in [4.78, 5) is 29.6. The Bertz CT molecular complexity index is 1210. The van der Waals surface area contributed by atoms with Crippen molar-refractivity contribution in [2.75, 3.05) is 20.3 Å². The first kappa shape index (κ1) is 20.2. The summed E-state index contributed by atoms with van der Waals surface area (Å²) in [5.74, 6) is 0.673. The summed E-state index contributed by atoms with van der Waals surface area (Å²) >= 11 is 1.38. The van der Waals surface area contributed by atoms with Crippen LogP contribution in [0.25, 0.3) is 10.2 Å². The zero-order valence-electron chi connectivity index (χ0n) is 17.1. The van der Waals surface area contributed by atoms with E-state index in [-0.39, 0.29) is 18.3 Å². The fourth-order valence-corrected chi connectivity index (χ4v) is 4.39. The molecule has 4 rings (SSSR count). The van der Waals surface area contributed by atoms with Crippen molar-refractivity contribution in [3.05, 3.63) is 51.8 Å². The molecule has 0 atom stereocenters. The van der Waals surface area contributed by atoms with Gasteiger partial charge >= 0.3 is 5.97 Å². The maximum Gasteiger partial charge on any atom is 0.307 e. The van der Waals surface area contributed by atoms with Gasteiger partial charge in [-0.2, -0.15) is 4.99 Å². The number of benzene rings is 2. The summed E-state index contributed by atoms with van der Waals surface area (Å²) in [6.45, 7) is 5.14. The van der Waals surface area contributed by atoms with Crippen LogP contribution in [0.5, 0.6) is 11.5 Å². The number of esters is 1. The number of rotatable bonds is 4. The van der Waals surface area contributed by atoms with Crippen molar-refractivity contribution in [1.29, 1.82) is 0 Å². The van der Waals surface area contributed by atoms with Crippen molar-refractivity contribution < 1.29 is 23.8 Å². The van der Waals surface area contributed by atoms with Crippen LogP contribution in [0.3, 0.4) is 0 Å². The average Bonchev–Trinajstić information content (AvgIpc) is 3.07. The molecule has 8 heteroatoms. The van der Waals surface area contributed by atoms with Crippen LogP contribution in [0, 0.1) is 13.8 Å². The summed E-state index contributed by atoms with van der Waals surface area (Å²) in [7, 11) is 1.36. The minimum Gasteiger partial charge on any atom is -0.486 e. The van der Waals surface area contributed by atoms with Gasteiger partial charge < -0.3 is 18.8 Å². The van der Waals surface area contributed by atoms with Crippen LogP contribution < -0.4 is 14.3 Å². The fourth-order valence-electron chi connectivity index (χ4n) is 3.33. The molecule has 2 aromatic carbocycles. The van der Waals surface area contributed by atoms with Crippen molar-refractivity contribution >= 4 is 33.4 Å². The van der Waals surface area contributed by atoms with E-state index >= 15 is 0 Å². The highest BCUT2D eigenvalue weighted by Crippen LogP contribution is 2.35. The average molecular weight is 426 g/mol. The first-order valence-electron chi connectivity index (χ1n) is 9.62. The lowest BCUT2D eigenvalue weighted by molar-refractivity contribution is -0.140. The number of thiazole rings is 1. The molecule has 0 radical (unpaired) electrons. The number of fused-ring (bicyclic) bond motifs is 2. The van der Waals surface area contributed by atoms with Crippen LogP contribution in [0.15, 0.2) is 35.3 Å². The van der Waals surface area contributed by atoms with Crippen molar-refractivity contribution in [2.45, 2.75) is 26.8 Å². The third-order valence-corrected chi connectivity index (χ3v) is 5.98. The maximum absolute atomic E-state index is 13.0. The summed E-state index contributed by atoms with van der Waals surface area (Å²) < 4.78 is 18.9. The molecule has 0 unspecified atom stereocenters. The van der Waals surface area contributed by atoms with Crippen LogP contribution in [0.1, 0.15) is 27.9 Å². The normalized spacial score (nSPS) is 13.5. The van der Waals surface area contributed by atoms with Gasteiger partial charge in [-0.25, -0.2) is 0 Å². The molecule has 3 aromatic rings. The Balaban J connectivity index is 1.84. The van der Waals surface area contributed by atoms with E-state index in [9.17, 15) is 9.59 Å². The van der Waals surface area contributed by atoms with E-state index in [4.69, 9.17) is 14.2 Å². The molecule has 2 heterocycles. The SMILES string of the molecule is COC(=O)CCn1c(=NC(=O)c2cc(C)ccc2C)sc2cc3c(cc21)OCCO3. The van der Waals surface area contributed by atoms with Gasteiger partial charge in [-0.15, -0.1) is 0 Å². The maximum atomic E-state index is 13.0. The van der Waals surface area contributed by atoms with Gasteiger partial charge in [-0.1, -0.05) is 29.0 Å². The number of hydrogen-bond donors (Lipinski definition) is 0. The van der Waals surface area contributed by atoms with E-state index in [1.807, 2.05) is 48.7 Å². The van der Waals surface area contributed by atoms with Crippen LogP contribution in [-0.2, 0) is 16.1 Å². The zero-order chi connectivity index (χ0) is 21.3. The minimum atomic E-state index is -0.328. The lowest BCUT2D eigenvalue weighted by atomic mass is 10.1. The van der Waals surface area contributed by atoms with E-state index in [1.54, 1.807) is 0 Å². The summed E-state index contributed by atoms with van der Waals surface area (Å²) in [5, 5.41) is 0. The molecular weight excluding hydrogens is 404 g/mol. The Labute approximate surface area is 177 Å². The van der Waals surface area contributed by atoms with Crippen LogP contribution >= 0.6 is 11.3 Å². The molecule has 7 nitrogen and oxygen atoms in total. The molecule has 30 heavy (non-hydrogen) atoms. The topological polar surface area (TPSA) is 79.1 Å². The second-order valence-electron chi connectivity index (χ2n) is 7.06. The lowest BCUT2D eigenvalue weighted by Gasteiger charge is -2.18. The molecule has 0 bridgehead atoms. The number of carbonyl (C=O) groups excluding carboxylic acids is 2. The van der Waals surface area contributed by atoms with Gasteiger partial charge in [0.1, 0.15) is 13.2 Å². The molecule has 1 aromatic heterocycles. The monoisotopic (exact) mass is 426 g/mol. The second kappa shape index (κ2) is 8.31. The zero-order valence-corrected chi connectivity index (χ0v) is 17.9. The number of amides is 1. The highest BCUT2D eigenvalue weighted by Gasteiger charge is 2.18. The third kappa shape index (κ3) is 3.95. The molecular formula is C22H22N2O5S. The Morgan fingerprint density at radius 3 is 2.60 bits per heavy atom. The molecule has 1 amide bonds. The van der Waals surface area contributed by atoms with Gasteiger partial charge in [0.25, 0.3) is 5.91 Å². The van der Waals surface area contributed by atoms with E-state index in [1.165, 1.54) is 18.4 Å². The van der Waals surface area contributed by atoms with Crippen molar-refractivity contribution in [3.8, 4) is 11.5 Å². The smallest absolute Gasteiger partial charge is 0.307 e.